The molecule has 28 heavy (non-hydrogen) atoms. The highest BCUT2D eigenvalue weighted by molar-refractivity contribution is 6.31. The van der Waals surface area contributed by atoms with Crippen molar-refractivity contribution in [3.05, 3.63) is 51.8 Å². The molecule has 0 radical (unpaired) electrons. The van der Waals surface area contributed by atoms with Gasteiger partial charge < -0.3 is 9.64 Å². The van der Waals surface area contributed by atoms with Crippen LogP contribution in [0.2, 0.25) is 10.0 Å². The SMILES string of the molecule is CN1CCC[C@H](c2[nH]ncc2Cl)[C@@H]1COC1CCC(c2ccccc2Cl)CC1. The quantitative estimate of drug-likeness (QED) is 0.678. The number of aromatic nitrogens is 2. The van der Waals surface area contributed by atoms with Gasteiger partial charge in [-0.1, -0.05) is 41.4 Å². The fourth-order valence-electron chi connectivity index (χ4n) is 4.93. The Balaban J connectivity index is 1.34. The number of hydrogen-bond donors (Lipinski definition) is 1. The lowest BCUT2D eigenvalue weighted by molar-refractivity contribution is -0.0207. The van der Waals surface area contributed by atoms with Crippen molar-refractivity contribution in [2.45, 2.75) is 62.5 Å². The van der Waals surface area contributed by atoms with Gasteiger partial charge in [0.2, 0.25) is 0 Å². The topological polar surface area (TPSA) is 41.2 Å². The van der Waals surface area contributed by atoms with E-state index in [0.717, 1.165) is 61.0 Å². The lowest BCUT2D eigenvalue weighted by Crippen LogP contribution is -2.45. The third kappa shape index (κ3) is 4.40. The molecule has 1 aromatic heterocycles. The van der Waals surface area contributed by atoms with E-state index < -0.39 is 0 Å². The molecule has 1 saturated heterocycles. The number of aromatic amines is 1. The highest BCUT2D eigenvalue weighted by Crippen LogP contribution is 2.38. The Morgan fingerprint density at radius 2 is 1.89 bits per heavy atom. The van der Waals surface area contributed by atoms with Crippen LogP contribution in [0.25, 0.3) is 0 Å². The molecule has 0 spiro atoms. The van der Waals surface area contributed by atoms with E-state index in [1.807, 2.05) is 12.1 Å². The molecule has 2 aromatic rings. The molecule has 2 atom stereocenters. The highest BCUT2D eigenvalue weighted by Gasteiger charge is 2.34. The molecule has 1 aliphatic carbocycles. The largest absolute Gasteiger partial charge is 0.377 e. The second-order valence-electron chi connectivity index (χ2n) is 8.26. The number of nitrogens with zero attached hydrogens (tertiary/aromatic N) is 2. The minimum absolute atomic E-state index is 0.340. The molecular formula is C22H29Cl2N3O. The summed E-state index contributed by atoms with van der Waals surface area (Å²) in [7, 11) is 2.19. The minimum Gasteiger partial charge on any atom is -0.377 e. The smallest absolute Gasteiger partial charge is 0.0818 e. The van der Waals surface area contributed by atoms with Gasteiger partial charge in [-0.2, -0.15) is 5.10 Å². The summed E-state index contributed by atoms with van der Waals surface area (Å²) in [5.74, 6) is 0.913. The molecule has 0 unspecified atom stereocenters. The summed E-state index contributed by atoms with van der Waals surface area (Å²) in [4.78, 5) is 2.42. The van der Waals surface area contributed by atoms with Gasteiger partial charge in [-0.3, -0.25) is 5.10 Å². The molecule has 2 fully saturated rings. The number of piperidine rings is 1. The summed E-state index contributed by atoms with van der Waals surface area (Å²) in [6, 6.07) is 8.60. The van der Waals surface area contributed by atoms with Gasteiger partial charge in [-0.15, -0.1) is 0 Å². The molecule has 2 heterocycles. The van der Waals surface area contributed by atoms with Crippen LogP contribution in [-0.2, 0) is 4.74 Å². The second kappa shape index (κ2) is 9.17. The Morgan fingerprint density at radius 3 is 2.61 bits per heavy atom. The van der Waals surface area contributed by atoms with Crippen LogP contribution in [0, 0.1) is 0 Å². The Hall–Kier alpha value is -1.07. The maximum atomic E-state index is 6.42. The summed E-state index contributed by atoms with van der Waals surface area (Å²) < 4.78 is 6.42. The first-order valence-electron chi connectivity index (χ1n) is 10.4. The average molecular weight is 422 g/mol. The minimum atomic E-state index is 0.340. The van der Waals surface area contributed by atoms with E-state index in [0.29, 0.717) is 24.0 Å². The Kier molecular flexibility index (Phi) is 6.62. The molecule has 2 aliphatic rings. The lowest BCUT2D eigenvalue weighted by atomic mass is 9.82. The number of benzene rings is 1. The molecule has 1 aromatic carbocycles. The van der Waals surface area contributed by atoms with Crippen molar-refractivity contribution >= 4 is 23.2 Å². The number of nitrogens with one attached hydrogen (secondary N) is 1. The van der Waals surface area contributed by atoms with Gasteiger partial charge in [0.05, 0.1) is 29.6 Å². The Bertz CT molecular complexity index is 773. The van der Waals surface area contributed by atoms with Crippen molar-refractivity contribution < 1.29 is 4.74 Å². The molecule has 6 heteroatoms. The van der Waals surface area contributed by atoms with Gasteiger partial charge in [-0.25, -0.2) is 0 Å². The van der Waals surface area contributed by atoms with Gasteiger partial charge in [-0.05, 0) is 69.7 Å². The first kappa shape index (κ1) is 20.2. The average Bonchev–Trinajstić information content (AvgIpc) is 3.13. The number of likely N-dealkylation sites (N-methyl/N-ethyl adjacent to an activating group) is 1. The number of hydrogen-bond acceptors (Lipinski definition) is 3. The Labute approximate surface area is 177 Å². The first-order valence-corrected chi connectivity index (χ1v) is 11.1. The zero-order valence-corrected chi connectivity index (χ0v) is 17.9. The summed E-state index contributed by atoms with van der Waals surface area (Å²) in [6.07, 6.45) is 8.83. The van der Waals surface area contributed by atoms with Gasteiger partial charge in [0, 0.05) is 17.0 Å². The predicted molar refractivity (Wildman–Crippen MR) is 114 cm³/mol. The molecule has 4 nitrogen and oxygen atoms in total. The standard InChI is InChI=1S/C22H29Cl2N3O/c1-27-12-4-6-18(22-20(24)13-25-26-22)21(27)14-28-16-10-8-15(9-11-16)17-5-2-3-7-19(17)23/h2-3,5,7,13,15-16,18,21H,4,6,8-12,14H2,1H3,(H,25,26)/t15?,16?,18-,21-/m0/s1. The second-order valence-corrected chi connectivity index (χ2v) is 9.07. The number of likely N-dealkylation sites (tertiary alicyclic amines) is 1. The van der Waals surface area contributed by atoms with E-state index in [-0.39, 0.29) is 0 Å². The molecule has 1 aliphatic heterocycles. The van der Waals surface area contributed by atoms with E-state index in [1.54, 1.807) is 6.20 Å². The van der Waals surface area contributed by atoms with Crippen LogP contribution in [0.1, 0.15) is 61.6 Å². The molecule has 4 rings (SSSR count). The van der Waals surface area contributed by atoms with Crippen molar-refractivity contribution in [3.63, 3.8) is 0 Å². The van der Waals surface area contributed by atoms with Crippen molar-refractivity contribution in [1.29, 1.82) is 0 Å². The lowest BCUT2D eigenvalue weighted by Gasteiger charge is -2.40. The normalized spacial score (nSPS) is 29.1. The predicted octanol–water partition coefficient (Wildman–Crippen LogP) is 5.64. The van der Waals surface area contributed by atoms with E-state index in [1.165, 1.54) is 12.0 Å². The van der Waals surface area contributed by atoms with E-state index in [4.69, 9.17) is 27.9 Å². The number of rotatable bonds is 5. The Morgan fingerprint density at radius 1 is 1.11 bits per heavy atom. The van der Waals surface area contributed by atoms with E-state index >= 15 is 0 Å². The zero-order valence-electron chi connectivity index (χ0n) is 16.4. The fourth-order valence-corrected chi connectivity index (χ4v) is 5.45. The molecular weight excluding hydrogens is 393 g/mol. The molecule has 0 amide bonds. The van der Waals surface area contributed by atoms with E-state index in [9.17, 15) is 0 Å². The first-order chi connectivity index (χ1) is 13.6. The zero-order chi connectivity index (χ0) is 19.5. The summed E-state index contributed by atoms with van der Waals surface area (Å²) in [5.41, 5.74) is 2.35. The highest BCUT2D eigenvalue weighted by atomic mass is 35.5. The van der Waals surface area contributed by atoms with Crippen molar-refractivity contribution in [1.82, 2.24) is 15.1 Å². The summed E-state index contributed by atoms with van der Waals surface area (Å²) in [6.45, 7) is 1.85. The van der Waals surface area contributed by atoms with Crippen LogP contribution in [0.3, 0.4) is 0 Å². The van der Waals surface area contributed by atoms with Crippen molar-refractivity contribution in [3.8, 4) is 0 Å². The number of ether oxygens (including phenoxy) is 1. The fraction of sp³-hybridized carbons (Fsp3) is 0.591. The number of halogens is 2. The van der Waals surface area contributed by atoms with Crippen LogP contribution >= 0.6 is 23.2 Å². The third-order valence-corrected chi connectivity index (χ3v) is 7.21. The number of H-pyrrole nitrogens is 1. The monoisotopic (exact) mass is 421 g/mol. The van der Waals surface area contributed by atoms with Gasteiger partial charge in [0.15, 0.2) is 0 Å². The van der Waals surface area contributed by atoms with Gasteiger partial charge in [0.25, 0.3) is 0 Å². The molecule has 0 bridgehead atoms. The molecule has 1 N–H and O–H groups in total. The van der Waals surface area contributed by atoms with Gasteiger partial charge >= 0.3 is 0 Å². The third-order valence-electron chi connectivity index (χ3n) is 6.57. The van der Waals surface area contributed by atoms with Crippen LogP contribution < -0.4 is 0 Å². The maximum Gasteiger partial charge on any atom is 0.0818 e. The summed E-state index contributed by atoms with van der Waals surface area (Å²) in [5, 5.41) is 8.88. The van der Waals surface area contributed by atoms with Crippen LogP contribution in [0.4, 0.5) is 0 Å². The van der Waals surface area contributed by atoms with Crippen molar-refractivity contribution in [2.75, 3.05) is 20.2 Å². The van der Waals surface area contributed by atoms with Crippen LogP contribution in [0.15, 0.2) is 30.5 Å². The molecule has 1 saturated carbocycles. The maximum absolute atomic E-state index is 6.42. The van der Waals surface area contributed by atoms with Crippen LogP contribution in [0.5, 0.6) is 0 Å². The van der Waals surface area contributed by atoms with Crippen LogP contribution in [-0.4, -0.2) is 47.4 Å². The van der Waals surface area contributed by atoms with Crippen molar-refractivity contribution in [2.24, 2.45) is 0 Å². The summed E-state index contributed by atoms with van der Waals surface area (Å²) >= 11 is 12.8. The van der Waals surface area contributed by atoms with E-state index in [2.05, 4.69) is 34.3 Å². The molecule has 152 valence electrons. The van der Waals surface area contributed by atoms with Gasteiger partial charge in [0.1, 0.15) is 0 Å².